The first kappa shape index (κ1) is 21.4. The predicted octanol–water partition coefficient (Wildman–Crippen LogP) is 3.51. The maximum atomic E-state index is 12.7. The molecule has 7 heteroatoms. The van der Waals surface area contributed by atoms with Gasteiger partial charge >= 0.3 is 5.63 Å². The number of hydrogen-bond acceptors (Lipinski definition) is 6. The minimum atomic E-state index is -0.488. The van der Waals surface area contributed by atoms with Gasteiger partial charge in [-0.15, -0.1) is 0 Å². The molecule has 0 atom stereocenters. The van der Waals surface area contributed by atoms with Crippen LogP contribution in [-0.4, -0.2) is 50.2 Å². The fourth-order valence-corrected chi connectivity index (χ4v) is 4.36. The van der Waals surface area contributed by atoms with Gasteiger partial charge in [0.15, 0.2) is 0 Å². The van der Waals surface area contributed by atoms with Crippen LogP contribution in [0.4, 0.5) is 0 Å². The van der Waals surface area contributed by atoms with Crippen LogP contribution in [0.2, 0.25) is 0 Å². The fraction of sp³-hybridized carbons (Fsp3) is 0.308. The van der Waals surface area contributed by atoms with E-state index in [0.717, 1.165) is 60.3 Å². The lowest BCUT2D eigenvalue weighted by Crippen LogP contribution is -2.41. The number of nitrogens with zero attached hydrogens (tertiary/aromatic N) is 1. The Morgan fingerprint density at radius 3 is 2.64 bits per heavy atom. The van der Waals surface area contributed by atoms with Crippen molar-refractivity contribution in [1.29, 1.82) is 0 Å². The van der Waals surface area contributed by atoms with Crippen molar-refractivity contribution in [3.8, 4) is 11.1 Å². The molecule has 0 unspecified atom stereocenters. The lowest BCUT2D eigenvalue weighted by Gasteiger charge is -2.26. The fourth-order valence-electron chi connectivity index (χ4n) is 4.36. The number of hydrogen-bond donors (Lipinski definition) is 1. The van der Waals surface area contributed by atoms with Gasteiger partial charge < -0.3 is 18.9 Å². The van der Waals surface area contributed by atoms with E-state index in [1.54, 1.807) is 12.3 Å². The summed E-state index contributed by atoms with van der Waals surface area (Å²) in [4.78, 5) is 27.5. The van der Waals surface area contributed by atoms with Crippen LogP contribution in [0.15, 0.2) is 62.4 Å². The Hall–Kier alpha value is -3.42. The molecule has 1 N–H and O–H groups in total. The zero-order chi connectivity index (χ0) is 22.8. The molecule has 0 spiro atoms. The zero-order valence-electron chi connectivity index (χ0n) is 18.6. The van der Waals surface area contributed by atoms with Gasteiger partial charge in [-0.1, -0.05) is 30.3 Å². The average molecular weight is 447 g/mol. The summed E-state index contributed by atoms with van der Waals surface area (Å²) in [6.45, 7) is 6.35. The van der Waals surface area contributed by atoms with E-state index in [9.17, 15) is 9.59 Å². The van der Waals surface area contributed by atoms with E-state index in [0.29, 0.717) is 23.3 Å². The Kier molecular flexibility index (Phi) is 5.98. The summed E-state index contributed by atoms with van der Waals surface area (Å²) in [7, 11) is 0. The number of carbonyl (C=O) groups excluding carboxylic acids is 1. The van der Waals surface area contributed by atoms with Gasteiger partial charge in [-0.3, -0.25) is 9.69 Å². The summed E-state index contributed by atoms with van der Waals surface area (Å²) in [6, 6.07) is 13.7. The Morgan fingerprint density at radius 1 is 1.06 bits per heavy atom. The van der Waals surface area contributed by atoms with E-state index in [1.165, 1.54) is 0 Å². The minimum absolute atomic E-state index is 0.0117. The maximum Gasteiger partial charge on any atom is 0.340 e. The molecule has 1 amide bonds. The highest BCUT2D eigenvalue weighted by atomic mass is 16.5. The van der Waals surface area contributed by atoms with E-state index in [-0.39, 0.29) is 12.3 Å². The summed E-state index contributed by atoms with van der Waals surface area (Å²) in [5.74, 6) is -0.188. The van der Waals surface area contributed by atoms with Gasteiger partial charge in [0.05, 0.1) is 31.5 Å². The first-order valence-corrected chi connectivity index (χ1v) is 11.2. The van der Waals surface area contributed by atoms with Crippen molar-refractivity contribution < 1.29 is 18.4 Å². The van der Waals surface area contributed by atoms with Crippen LogP contribution in [0.3, 0.4) is 0 Å². The normalized spacial score (nSPS) is 14.7. The third-order valence-electron chi connectivity index (χ3n) is 6.26. The van der Waals surface area contributed by atoms with E-state index in [2.05, 4.69) is 10.2 Å². The zero-order valence-corrected chi connectivity index (χ0v) is 18.6. The number of amides is 1. The third kappa shape index (κ3) is 4.42. The molecule has 0 radical (unpaired) electrons. The first-order valence-electron chi connectivity index (χ1n) is 11.2. The lowest BCUT2D eigenvalue weighted by molar-refractivity contribution is -0.120. The number of ether oxygens (including phenoxy) is 1. The van der Waals surface area contributed by atoms with Crippen LogP contribution in [-0.2, 0) is 16.0 Å². The molecule has 0 bridgehead atoms. The second kappa shape index (κ2) is 9.21. The molecule has 0 saturated carbocycles. The molecule has 7 nitrogen and oxygen atoms in total. The van der Waals surface area contributed by atoms with Crippen LogP contribution in [0.1, 0.15) is 11.1 Å². The molecule has 1 aliphatic rings. The topological polar surface area (TPSA) is 84.9 Å². The standard InChI is InChI=1S/C26H26N2O5/c1-17-19-13-21-22(18-5-3-2-4-6-18)16-32-23(21)15-24(19)33-26(30)20(17)14-25(29)27-7-8-28-9-11-31-12-10-28/h2-6,13,15-16H,7-12,14H2,1H3,(H,27,29). The quantitative estimate of drug-likeness (QED) is 0.457. The van der Waals surface area contributed by atoms with Gasteiger partial charge in [-0.25, -0.2) is 4.79 Å². The Balaban J connectivity index is 1.40. The molecule has 4 aromatic rings. The molecular formula is C26H26N2O5. The van der Waals surface area contributed by atoms with E-state index < -0.39 is 5.63 Å². The summed E-state index contributed by atoms with van der Waals surface area (Å²) >= 11 is 0. The molecule has 5 rings (SSSR count). The van der Waals surface area contributed by atoms with Crippen molar-refractivity contribution in [2.75, 3.05) is 39.4 Å². The van der Waals surface area contributed by atoms with E-state index >= 15 is 0 Å². The molecule has 1 aliphatic heterocycles. The Morgan fingerprint density at radius 2 is 1.85 bits per heavy atom. The molecule has 170 valence electrons. The van der Waals surface area contributed by atoms with Gasteiger partial charge in [-0.2, -0.15) is 0 Å². The Bertz CT molecular complexity index is 1350. The highest BCUT2D eigenvalue weighted by Gasteiger charge is 2.18. The molecule has 2 aromatic heterocycles. The number of morpholine rings is 1. The second-order valence-electron chi connectivity index (χ2n) is 8.33. The number of furan rings is 1. The lowest BCUT2D eigenvalue weighted by atomic mass is 9.99. The van der Waals surface area contributed by atoms with Gasteiger partial charge in [0.25, 0.3) is 0 Å². The van der Waals surface area contributed by atoms with Crippen LogP contribution in [0.5, 0.6) is 0 Å². The molecular weight excluding hydrogens is 420 g/mol. The van der Waals surface area contributed by atoms with Crippen molar-refractivity contribution in [1.82, 2.24) is 10.2 Å². The summed E-state index contributed by atoms with van der Waals surface area (Å²) in [5, 5.41) is 4.66. The number of fused-ring (bicyclic) bond motifs is 2. The molecule has 1 saturated heterocycles. The number of carbonyl (C=O) groups is 1. The minimum Gasteiger partial charge on any atom is -0.464 e. The van der Waals surface area contributed by atoms with Crippen molar-refractivity contribution in [2.45, 2.75) is 13.3 Å². The largest absolute Gasteiger partial charge is 0.464 e. The highest BCUT2D eigenvalue weighted by Crippen LogP contribution is 2.34. The molecule has 2 aromatic carbocycles. The number of rotatable bonds is 6. The Labute approximate surface area is 190 Å². The van der Waals surface area contributed by atoms with E-state index in [1.807, 2.05) is 43.3 Å². The molecule has 0 aliphatic carbocycles. The summed E-state index contributed by atoms with van der Waals surface area (Å²) in [6.07, 6.45) is 1.71. The van der Waals surface area contributed by atoms with Crippen molar-refractivity contribution in [2.24, 2.45) is 0 Å². The number of aryl methyl sites for hydroxylation is 1. The van der Waals surface area contributed by atoms with Gasteiger partial charge in [0.1, 0.15) is 11.2 Å². The van der Waals surface area contributed by atoms with Crippen LogP contribution in [0, 0.1) is 6.92 Å². The summed E-state index contributed by atoms with van der Waals surface area (Å²) < 4.78 is 16.7. The second-order valence-corrected chi connectivity index (χ2v) is 8.33. The molecule has 3 heterocycles. The van der Waals surface area contributed by atoms with E-state index in [4.69, 9.17) is 13.6 Å². The van der Waals surface area contributed by atoms with Gasteiger partial charge in [-0.05, 0) is 24.1 Å². The number of benzene rings is 2. The monoisotopic (exact) mass is 446 g/mol. The smallest absolute Gasteiger partial charge is 0.340 e. The average Bonchev–Trinajstić information content (AvgIpc) is 3.25. The molecule has 33 heavy (non-hydrogen) atoms. The summed E-state index contributed by atoms with van der Waals surface area (Å²) in [5.41, 5.74) is 3.78. The number of nitrogens with one attached hydrogen (secondary N) is 1. The van der Waals surface area contributed by atoms with Crippen LogP contribution >= 0.6 is 0 Å². The van der Waals surface area contributed by atoms with Crippen molar-refractivity contribution in [3.63, 3.8) is 0 Å². The maximum absolute atomic E-state index is 12.7. The predicted molar refractivity (Wildman–Crippen MR) is 126 cm³/mol. The van der Waals surface area contributed by atoms with Gasteiger partial charge in [0.2, 0.25) is 5.91 Å². The highest BCUT2D eigenvalue weighted by molar-refractivity contribution is 6.02. The van der Waals surface area contributed by atoms with Crippen LogP contribution < -0.4 is 10.9 Å². The van der Waals surface area contributed by atoms with Gasteiger partial charge in [0, 0.05) is 48.6 Å². The first-order chi connectivity index (χ1) is 16.1. The van der Waals surface area contributed by atoms with Crippen molar-refractivity contribution in [3.05, 3.63) is 70.3 Å². The molecule has 1 fully saturated rings. The van der Waals surface area contributed by atoms with Crippen LogP contribution in [0.25, 0.3) is 33.1 Å². The third-order valence-corrected chi connectivity index (χ3v) is 6.26. The van der Waals surface area contributed by atoms with Crippen molar-refractivity contribution >= 4 is 27.8 Å². The SMILES string of the molecule is Cc1c(CC(=O)NCCN2CCOCC2)c(=O)oc2cc3occ(-c4ccccc4)c3cc12.